The van der Waals surface area contributed by atoms with E-state index in [1.54, 1.807) is 0 Å². The number of hydrogen-bond donors (Lipinski definition) is 2. The normalized spacial score (nSPS) is 9.00. The van der Waals surface area contributed by atoms with Crippen molar-refractivity contribution in [2.24, 2.45) is 0 Å². The Bertz CT molecular complexity index is 359. The molecule has 0 saturated carbocycles. The fourth-order valence-corrected chi connectivity index (χ4v) is 1.22. The van der Waals surface area contributed by atoms with Gasteiger partial charge in [-0.3, -0.25) is 4.79 Å². The highest BCUT2D eigenvalue weighted by molar-refractivity contribution is 5.79. The zero-order chi connectivity index (χ0) is 9.68. The van der Waals surface area contributed by atoms with E-state index < -0.39 is 0 Å². The third-order valence-electron chi connectivity index (χ3n) is 1.66. The number of aryl methyl sites for hydroxylation is 1. The summed E-state index contributed by atoms with van der Waals surface area (Å²) in [7, 11) is 0. The van der Waals surface area contributed by atoms with E-state index in [1.165, 1.54) is 16.6 Å². The van der Waals surface area contributed by atoms with Gasteiger partial charge in [-0.1, -0.05) is 18.2 Å². The number of aromatic nitrogens is 1. The molecule has 0 unspecified atom stereocenters. The lowest BCUT2D eigenvalue weighted by atomic mass is 10.2. The largest absolute Gasteiger partial charge is 0.483 e. The second-order valence-electron chi connectivity index (χ2n) is 2.65. The number of nitrogens with one attached hydrogen (secondary N) is 1. The lowest BCUT2D eigenvalue weighted by Gasteiger charge is -1.83. The summed E-state index contributed by atoms with van der Waals surface area (Å²) in [5.74, 6) is 0. The Kier molecular flexibility index (Phi) is 3.09. The van der Waals surface area contributed by atoms with Gasteiger partial charge < -0.3 is 10.1 Å². The van der Waals surface area contributed by atoms with Crippen LogP contribution in [0, 0.1) is 6.92 Å². The van der Waals surface area contributed by atoms with Gasteiger partial charge in [0, 0.05) is 11.2 Å². The highest BCUT2D eigenvalue weighted by atomic mass is 16.3. The molecule has 2 aromatic rings. The van der Waals surface area contributed by atoms with E-state index in [1.807, 2.05) is 6.07 Å². The minimum absolute atomic E-state index is 0.250. The maximum Gasteiger partial charge on any atom is 0.290 e. The fourth-order valence-electron chi connectivity index (χ4n) is 1.22. The van der Waals surface area contributed by atoms with Gasteiger partial charge in [0.15, 0.2) is 0 Å². The molecule has 68 valence electrons. The maximum absolute atomic E-state index is 8.36. The van der Waals surface area contributed by atoms with Crippen LogP contribution < -0.4 is 0 Å². The quantitative estimate of drug-likeness (QED) is 0.606. The van der Waals surface area contributed by atoms with E-state index in [4.69, 9.17) is 9.90 Å². The van der Waals surface area contributed by atoms with Gasteiger partial charge in [0.2, 0.25) is 0 Å². The van der Waals surface area contributed by atoms with Gasteiger partial charge in [-0.15, -0.1) is 0 Å². The van der Waals surface area contributed by atoms with Crippen LogP contribution in [0.3, 0.4) is 0 Å². The van der Waals surface area contributed by atoms with Crippen LogP contribution >= 0.6 is 0 Å². The summed E-state index contributed by atoms with van der Waals surface area (Å²) in [6.07, 6.45) is 0. The number of carboxylic acid groups (broad SMARTS) is 1. The lowest BCUT2D eigenvalue weighted by molar-refractivity contribution is -0.122. The van der Waals surface area contributed by atoms with E-state index in [0.717, 1.165) is 0 Å². The second kappa shape index (κ2) is 4.30. The smallest absolute Gasteiger partial charge is 0.290 e. The molecule has 3 heteroatoms. The average Bonchev–Trinajstić information content (AvgIpc) is 2.45. The molecule has 0 saturated heterocycles. The summed E-state index contributed by atoms with van der Waals surface area (Å²) in [4.78, 5) is 11.6. The third kappa shape index (κ3) is 2.33. The first kappa shape index (κ1) is 9.32. The summed E-state index contributed by atoms with van der Waals surface area (Å²) in [6.45, 7) is 1.82. The molecule has 0 fully saturated rings. The molecule has 2 N–H and O–H groups in total. The van der Waals surface area contributed by atoms with Gasteiger partial charge >= 0.3 is 0 Å². The Labute approximate surface area is 76.0 Å². The Morgan fingerprint density at radius 1 is 1.38 bits per heavy atom. The monoisotopic (exact) mass is 177 g/mol. The first-order valence-corrected chi connectivity index (χ1v) is 3.90. The van der Waals surface area contributed by atoms with Crippen LogP contribution in [-0.4, -0.2) is 16.6 Å². The first-order valence-electron chi connectivity index (χ1n) is 3.90. The summed E-state index contributed by atoms with van der Waals surface area (Å²) in [5.41, 5.74) is 2.45. The van der Waals surface area contributed by atoms with Gasteiger partial charge in [0.1, 0.15) is 0 Å². The topological polar surface area (TPSA) is 53.1 Å². The van der Waals surface area contributed by atoms with Crippen LogP contribution in [0.2, 0.25) is 0 Å². The number of carbonyl (C=O) groups is 1. The van der Waals surface area contributed by atoms with E-state index >= 15 is 0 Å². The summed E-state index contributed by atoms with van der Waals surface area (Å²) in [5, 5.41) is 8.18. The number of H-pyrrole nitrogens is 1. The molecular formula is C10H11NO2. The maximum atomic E-state index is 8.36. The van der Waals surface area contributed by atoms with E-state index in [2.05, 4.69) is 36.2 Å². The van der Waals surface area contributed by atoms with Crippen LogP contribution in [0.5, 0.6) is 0 Å². The minimum Gasteiger partial charge on any atom is -0.483 e. The highest BCUT2D eigenvalue weighted by Gasteiger charge is 1.92. The molecule has 0 spiro atoms. The molecule has 1 aromatic heterocycles. The summed E-state index contributed by atoms with van der Waals surface area (Å²) < 4.78 is 0. The van der Waals surface area contributed by atoms with Gasteiger partial charge in [-0.05, 0) is 24.4 Å². The summed E-state index contributed by atoms with van der Waals surface area (Å²) in [6, 6.07) is 10.4. The van der Waals surface area contributed by atoms with Crippen molar-refractivity contribution in [1.82, 2.24) is 4.98 Å². The van der Waals surface area contributed by atoms with Crippen LogP contribution in [0.1, 0.15) is 5.69 Å². The van der Waals surface area contributed by atoms with E-state index in [-0.39, 0.29) is 6.47 Å². The van der Waals surface area contributed by atoms with Gasteiger partial charge in [-0.2, -0.15) is 0 Å². The van der Waals surface area contributed by atoms with Crippen molar-refractivity contribution in [3.63, 3.8) is 0 Å². The molecular weight excluding hydrogens is 166 g/mol. The number of hydrogen-bond acceptors (Lipinski definition) is 1. The van der Waals surface area contributed by atoms with Gasteiger partial charge in [0.25, 0.3) is 6.47 Å². The lowest BCUT2D eigenvalue weighted by Crippen LogP contribution is -1.65. The highest BCUT2D eigenvalue weighted by Crippen LogP contribution is 2.12. The van der Waals surface area contributed by atoms with Gasteiger partial charge in [-0.25, -0.2) is 0 Å². The van der Waals surface area contributed by atoms with Crippen molar-refractivity contribution in [2.75, 3.05) is 0 Å². The zero-order valence-corrected chi connectivity index (χ0v) is 7.32. The van der Waals surface area contributed by atoms with Gasteiger partial charge in [0.05, 0.1) is 0 Å². The number of para-hydroxylation sites is 1. The number of aromatic amines is 1. The van der Waals surface area contributed by atoms with Crippen molar-refractivity contribution >= 4 is 17.4 Å². The van der Waals surface area contributed by atoms with Crippen LogP contribution in [0.15, 0.2) is 30.3 Å². The van der Waals surface area contributed by atoms with Crippen molar-refractivity contribution in [1.29, 1.82) is 0 Å². The molecule has 13 heavy (non-hydrogen) atoms. The molecule has 0 aliphatic carbocycles. The molecule has 0 aliphatic heterocycles. The number of rotatable bonds is 0. The molecule has 1 aromatic carbocycles. The van der Waals surface area contributed by atoms with Crippen molar-refractivity contribution in [3.05, 3.63) is 36.0 Å². The van der Waals surface area contributed by atoms with Crippen molar-refractivity contribution in [2.45, 2.75) is 6.92 Å². The Morgan fingerprint density at radius 2 is 2.00 bits per heavy atom. The molecule has 0 aliphatic rings. The van der Waals surface area contributed by atoms with Crippen molar-refractivity contribution in [3.8, 4) is 0 Å². The number of benzene rings is 1. The molecule has 0 bridgehead atoms. The predicted octanol–water partition coefficient (Wildman–Crippen LogP) is 2.18. The Balaban J connectivity index is 0.000000251. The Morgan fingerprint density at radius 3 is 2.62 bits per heavy atom. The minimum atomic E-state index is -0.250. The second-order valence-corrected chi connectivity index (χ2v) is 2.65. The third-order valence-corrected chi connectivity index (χ3v) is 1.66. The summed E-state index contributed by atoms with van der Waals surface area (Å²) >= 11 is 0. The first-order chi connectivity index (χ1) is 6.27. The molecule has 2 rings (SSSR count). The Hall–Kier alpha value is -1.77. The van der Waals surface area contributed by atoms with Crippen LogP contribution in [0.25, 0.3) is 10.9 Å². The van der Waals surface area contributed by atoms with E-state index in [9.17, 15) is 0 Å². The predicted molar refractivity (Wildman–Crippen MR) is 51.7 cm³/mol. The molecule has 1 heterocycles. The molecule has 0 radical (unpaired) electrons. The zero-order valence-electron chi connectivity index (χ0n) is 7.32. The molecule has 3 nitrogen and oxygen atoms in total. The standard InChI is InChI=1S/C9H9N.CH2O2/c1-7-6-8-4-2-3-5-9(8)10-7;2-1-3/h2-6,10H,1H3;1H,(H,2,3). The fraction of sp³-hybridized carbons (Fsp3) is 0.100. The van der Waals surface area contributed by atoms with Crippen LogP contribution in [0.4, 0.5) is 0 Å². The van der Waals surface area contributed by atoms with E-state index in [0.29, 0.717) is 0 Å². The number of fused-ring (bicyclic) bond motifs is 1. The SMILES string of the molecule is Cc1cc2ccccc2[nH]1.O=CO. The molecule has 0 atom stereocenters. The van der Waals surface area contributed by atoms with Crippen molar-refractivity contribution < 1.29 is 9.90 Å². The van der Waals surface area contributed by atoms with Crippen LogP contribution in [-0.2, 0) is 4.79 Å². The molecule has 0 amide bonds. The average molecular weight is 177 g/mol.